The van der Waals surface area contributed by atoms with Crippen LogP contribution in [0.4, 0.5) is 5.69 Å². The van der Waals surface area contributed by atoms with Gasteiger partial charge in [-0.1, -0.05) is 36.4 Å². The predicted molar refractivity (Wildman–Crippen MR) is 121 cm³/mol. The minimum absolute atomic E-state index is 0.0691. The zero-order valence-electron chi connectivity index (χ0n) is 17.8. The van der Waals surface area contributed by atoms with Crippen LogP contribution >= 0.6 is 0 Å². The highest BCUT2D eigenvalue weighted by Gasteiger charge is 2.12. The Morgan fingerprint density at radius 2 is 1.81 bits per heavy atom. The van der Waals surface area contributed by atoms with Crippen LogP contribution in [0.1, 0.15) is 12.5 Å². The lowest BCUT2D eigenvalue weighted by molar-refractivity contribution is -0.145. The number of amides is 1. The zero-order chi connectivity index (χ0) is 22.9. The van der Waals surface area contributed by atoms with Crippen LogP contribution in [0.3, 0.4) is 0 Å². The third-order valence-electron chi connectivity index (χ3n) is 4.52. The number of nitrogens with one attached hydrogen (secondary N) is 1. The van der Waals surface area contributed by atoms with Crippen LogP contribution in [0.25, 0.3) is 16.8 Å². The molecule has 3 aromatic carbocycles. The molecule has 0 bridgehead atoms. The molecule has 0 fully saturated rings. The quantitative estimate of drug-likeness (QED) is 0.324. The Kier molecular flexibility index (Phi) is 7.44. The lowest BCUT2D eigenvalue weighted by Gasteiger charge is -2.11. The maximum atomic E-state index is 12.6. The predicted octanol–water partition coefficient (Wildman–Crippen LogP) is 4.34. The molecule has 3 rings (SSSR count). The Hall–Kier alpha value is -4.31. The SMILES string of the molecule is CCOC(=O)COc1ccc(/C=C(\C#N)C(=O)Nc2ccc3ccccc3c2)cc1OC. The second-order valence-corrected chi connectivity index (χ2v) is 6.69. The molecule has 0 unspecified atom stereocenters. The summed E-state index contributed by atoms with van der Waals surface area (Å²) in [6.07, 6.45) is 1.45. The number of rotatable bonds is 8. The summed E-state index contributed by atoms with van der Waals surface area (Å²) < 4.78 is 15.6. The van der Waals surface area contributed by atoms with Crippen LogP contribution in [0, 0.1) is 11.3 Å². The van der Waals surface area contributed by atoms with Crippen LogP contribution in [0.5, 0.6) is 11.5 Å². The fourth-order valence-corrected chi connectivity index (χ4v) is 3.01. The van der Waals surface area contributed by atoms with Crippen molar-refractivity contribution in [3.63, 3.8) is 0 Å². The van der Waals surface area contributed by atoms with Gasteiger partial charge in [0.25, 0.3) is 5.91 Å². The van der Waals surface area contributed by atoms with E-state index >= 15 is 0 Å². The molecular formula is C25H22N2O5. The molecule has 0 heterocycles. The molecule has 32 heavy (non-hydrogen) atoms. The largest absolute Gasteiger partial charge is 0.493 e. The number of fused-ring (bicyclic) bond motifs is 1. The van der Waals surface area contributed by atoms with E-state index in [4.69, 9.17) is 14.2 Å². The van der Waals surface area contributed by atoms with Gasteiger partial charge in [-0.15, -0.1) is 0 Å². The molecule has 1 amide bonds. The number of hydrogen-bond donors (Lipinski definition) is 1. The monoisotopic (exact) mass is 430 g/mol. The number of carbonyl (C=O) groups excluding carboxylic acids is 2. The van der Waals surface area contributed by atoms with Crippen molar-refractivity contribution in [1.82, 2.24) is 0 Å². The molecular weight excluding hydrogens is 408 g/mol. The fraction of sp³-hybridized carbons (Fsp3) is 0.160. The van der Waals surface area contributed by atoms with Gasteiger partial charge in [0.1, 0.15) is 11.6 Å². The van der Waals surface area contributed by atoms with Crippen molar-refractivity contribution in [3.8, 4) is 17.6 Å². The Morgan fingerprint density at radius 1 is 1.03 bits per heavy atom. The van der Waals surface area contributed by atoms with Gasteiger partial charge in [-0.05, 0) is 53.6 Å². The summed E-state index contributed by atoms with van der Waals surface area (Å²) >= 11 is 0. The summed E-state index contributed by atoms with van der Waals surface area (Å²) in [6, 6.07) is 20.1. The normalized spacial score (nSPS) is 10.8. The lowest BCUT2D eigenvalue weighted by Crippen LogP contribution is -2.15. The molecule has 0 aromatic heterocycles. The van der Waals surface area contributed by atoms with Crippen molar-refractivity contribution in [3.05, 3.63) is 71.8 Å². The summed E-state index contributed by atoms with van der Waals surface area (Å²) in [5.74, 6) is -0.313. The molecule has 1 N–H and O–H groups in total. The van der Waals surface area contributed by atoms with Gasteiger partial charge in [-0.2, -0.15) is 5.26 Å². The third kappa shape index (κ3) is 5.64. The smallest absolute Gasteiger partial charge is 0.344 e. The van der Waals surface area contributed by atoms with E-state index in [-0.39, 0.29) is 18.8 Å². The minimum atomic E-state index is -0.524. The number of benzene rings is 3. The molecule has 3 aromatic rings. The van der Waals surface area contributed by atoms with Gasteiger partial charge in [0.05, 0.1) is 13.7 Å². The number of nitrogens with zero attached hydrogens (tertiary/aromatic N) is 1. The van der Waals surface area contributed by atoms with E-state index in [1.807, 2.05) is 42.5 Å². The number of ether oxygens (including phenoxy) is 3. The first-order valence-corrected chi connectivity index (χ1v) is 9.92. The van der Waals surface area contributed by atoms with Crippen molar-refractivity contribution in [2.45, 2.75) is 6.92 Å². The first-order chi connectivity index (χ1) is 15.5. The van der Waals surface area contributed by atoms with Crippen LogP contribution in [-0.2, 0) is 14.3 Å². The molecule has 0 saturated heterocycles. The van der Waals surface area contributed by atoms with Crippen molar-refractivity contribution in [2.75, 3.05) is 25.6 Å². The number of esters is 1. The number of carbonyl (C=O) groups is 2. The number of anilines is 1. The van der Waals surface area contributed by atoms with E-state index < -0.39 is 11.9 Å². The average Bonchev–Trinajstić information content (AvgIpc) is 2.81. The summed E-state index contributed by atoms with van der Waals surface area (Å²) in [7, 11) is 1.46. The Labute approximate surface area is 185 Å². The highest BCUT2D eigenvalue weighted by atomic mass is 16.6. The molecule has 0 aliphatic heterocycles. The van der Waals surface area contributed by atoms with Gasteiger partial charge in [-0.25, -0.2) is 4.79 Å². The zero-order valence-corrected chi connectivity index (χ0v) is 17.8. The van der Waals surface area contributed by atoms with Gasteiger partial charge in [-0.3, -0.25) is 4.79 Å². The summed E-state index contributed by atoms with van der Waals surface area (Å²) in [6.45, 7) is 1.72. The van der Waals surface area contributed by atoms with Crippen molar-refractivity contribution < 1.29 is 23.8 Å². The Morgan fingerprint density at radius 3 is 2.53 bits per heavy atom. The molecule has 7 nitrogen and oxygen atoms in total. The Balaban J connectivity index is 1.76. The lowest BCUT2D eigenvalue weighted by atomic mass is 10.1. The number of methoxy groups -OCH3 is 1. The number of hydrogen-bond acceptors (Lipinski definition) is 6. The van der Waals surface area contributed by atoms with E-state index in [0.717, 1.165) is 10.8 Å². The molecule has 7 heteroatoms. The highest BCUT2D eigenvalue weighted by molar-refractivity contribution is 6.10. The second-order valence-electron chi connectivity index (χ2n) is 6.69. The standard InChI is InChI=1S/C25H22N2O5/c1-3-31-24(28)16-32-22-11-8-17(13-23(22)30-2)12-20(15-26)25(29)27-21-10-9-18-6-4-5-7-19(18)14-21/h4-14H,3,16H2,1-2H3,(H,27,29)/b20-12+. The summed E-state index contributed by atoms with van der Waals surface area (Å²) in [5, 5.41) is 14.3. The molecule has 162 valence electrons. The highest BCUT2D eigenvalue weighted by Crippen LogP contribution is 2.29. The van der Waals surface area contributed by atoms with E-state index in [2.05, 4.69) is 5.32 Å². The molecule has 0 saturated carbocycles. The topological polar surface area (TPSA) is 97.7 Å². The van der Waals surface area contributed by atoms with Crippen LogP contribution in [0.2, 0.25) is 0 Å². The van der Waals surface area contributed by atoms with E-state index in [9.17, 15) is 14.9 Å². The van der Waals surface area contributed by atoms with Gasteiger partial charge < -0.3 is 19.5 Å². The van der Waals surface area contributed by atoms with Gasteiger partial charge in [0.15, 0.2) is 18.1 Å². The summed E-state index contributed by atoms with van der Waals surface area (Å²) in [5.41, 5.74) is 1.09. The van der Waals surface area contributed by atoms with Gasteiger partial charge >= 0.3 is 5.97 Å². The van der Waals surface area contributed by atoms with Crippen LogP contribution in [0.15, 0.2) is 66.2 Å². The molecule has 0 aliphatic rings. The first-order valence-electron chi connectivity index (χ1n) is 9.92. The molecule has 0 atom stereocenters. The third-order valence-corrected chi connectivity index (χ3v) is 4.52. The second kappa shape index (κ2) is 10.6. The minimum Gasteiger partial charge on any atom is -0.493 e. The van der Waals surface area contributed by atoms with Crippen molar-refractivity contribution in [2.24, 2.45) is 0 Å². The molecule has 0 radical (unpaired) electrons. The maximum Gasteiger partial charge on any atom is 0.344 e. The van der Waals surface area contributed by atoms with Gasteiger partial charge in [0, 0.05) is 5.69 Å². The van der Waals surface area contributed by atoms with E-state index in [1.54, 1.807) is 31.2 Å². The molecule has 0 aliphatic carbocycles. The van der Waals surface area contributed by atoms with E-state index in [0.29, 0.717) is 22.7 Å². The van der Waals surface area contributed by atoms with Gasteiger partial charge in [0.2, 0.25) is 0 Å². The Bertz CT molecular complexity index is 1210. The number of nitriles is 1. The van der Waals surface area contributed by atoms with Crippen LogP contribution in [-0.4, -0.2) is 32.2 Å². The van der Waals surface area contributed by atoms with Crippen LogP contribution < -0.4 is 14.8 Å². The first kappa shape index (κ1) is 22.4. The maximum absolute atomic E-state index is 12.6. The molecule has 0 spiro atoms. The summed E-state index contributed by atoms with van der Waals surface area (Å²) in [4.78, 5) is 24.1. The van der Waals surface area contributed by atoms with Crippen molar-refractivity contribution >= 4 is 34.4 Å². The van der Waals surface area contributed by atoms with E-state index in [1.165, 1.54) is 13.2 Å². The average molecular weight is 430 g/mol. The fourth-order valence-electron chi connectivity index (χ4n) is 3.01. The van der Waals surface area contributed by atoms with Crippen molar-refractivity contribution in [1.29, 1.82) is 5.26 Å².